The molecule has 0 aromatic carbocycles. The first-order valence-corrected chi connectivity index (χ1v) is 10.4. The number of sulfonamides is 1. The Morgan fingerprint density at radius 3 is 2.77 bits per heavy atom. The van der Waals surface area contributed by atoms with Gasteiger partial charge in [0.1, 0.15) is 5.82 Å². The number of hydrogen-bond donors (Lipinski definition) is 1. The van der Waals surface area contributed by atoms with E-state index in [1.54, 1.807) is 4.90 Å². The summed E-state index contributed by atoms with van der Waals surface area (Å²) in [5.41, 5.74) is -0.499. The van der Waals surface area contributed by atoms with Gasteiger partial charge in [0.15, 0.2) is 0 Å². The second-order valence-corrected chi connectivity index (χ2v) is 9.35. The van der Waals surface area contributed by atoms with Crippen molar-refractivity contribution in [1.82, 2.24) is 14.2 Å². The Bertz CT molecular complexity index is 788. The Morgan fingerprint density at radius 2 is 2.15 bits per heavy atom. The molecule has 7 nitrogen and oxygen atoms in total. The molecule has 3 heterocycles. The molecule has 144 valence electrons. The molecule has 1 N–H and O–H groups in total. The quantitative estimate of drug-likeness (QED) is 0.779. The van der Waals surface area contributed by atoms with Crippen LogP contribution in [0.15, 0.2) is 18.5 Å². The lowest BCUT2D eigenvalue weighted by Gasteiger charge is -2.27. The SMILES string of the molecule is CCCCS(=O)(=O)N1CC2CN(C(=O)c3cncc(F)c3)CC2(CO)C1. The summed E-state index contributed by atoms with van der Waals surface area (Å²) in [5, 5.41) is 9.97. The molecule has 1 aromatic rings. The molecule has 0 bridgehead atoms. The highest BCUT2D eigenvalue weighted by Crippen LogP contribution is 2.43. The maximum Gasteiger partial charge on any atom is 0.255 e. The van der Waals surface area contributed by atoms with Crippen molar-refractivity contribution in [2.24, 2.45) is 11.3 Å². The number of aliphatic hydroxyl groups is 1. The number of nitrogens with zero attached hydrogens (tertiary/aromatic N) is 3. The van der Waals surface area contributed by atoms with Gasteiger partial charge in [-0.1, -0.05) is 13.3 Å². The van der Waals surface area contributed by atoms with Crippen LogP contribution in [-0.2, 0) is 10.0 Å². The average molecular weight is 385 g/mol. The molecule has 9 heteroatoms. The molecule has 2 fully saturated rings. The van der Waals surface area contributed by atoms with Crippen LogP contribution in [0.3, 0.4) is 0 Å². The van der Waals surface area contributed by atoms with Gasteiger partial charge in [-0.15, -0.1) is 0 Å². The Balaban J connectivity index is 1.74. The molecule has 2 saturated heterocycles. The zero-order valence-corrected chi connectivity index (χ0v) is 15.6. The van der Waals surface area contributed by atoms with E-state index in [4.69, 9.17) is 0 Å². The third-order valence-corrected chi connectivity index (χ3v) is 7.30. The second-order valence-electron chi connectivity index (χ2n) is 7.26. The van der Waals surface area contributed by atoms with Gasteiger partial charge in [0.05, 0.1) is 24.1 Å². The molecule has 26 heavy (non-hydrogen) atoms. The van der Waals surface area contributed by atoms with E-state index >= 15 is 0 Å². The highest BCUT2D eigenvalue weighted by atomic mass is 32.2. The summed E-state index contributed by atoms with van der Waals surface area (Å²) < 4.78 is 39.7. The number of aliphatic hydroxyl groups excluding tert-OH is 1. The minimum Gasteiger partial charge on any atom is -0.396 e. The van der Waals surface area contributed by atoms with Gasteiger partial charge in [0, 0.05) is 43.7 Å². The standard InChI is InChI=1S/C17H24FN3O4S/c1-2-3-4-26(24,25)21-9-14-8-20(10-17(14,11-21)12-22)16(23)13-5-15(18)7-19-6-13/h5-7,14,22H,2-4,8-12H2,1H3. The van der Waals surface area contributed by atoms with E-state index in [2.05, 4.69) is 4.98 Å². The molecule has 0 spiro atoms. The van der Waals surface area contributed by atoms with E-state index in [1.165, 1.54) is 10.5 Å². The van der Waals surface area contributed by atoms with Crippen LogP contribution in [0.4, 0.5) is 4.39 Å². The van der Waals surface area contributed by atoms with Gasteiger partial charge in [0.2, 0.25) is 10.0 Å². The van der Waals surface area contributed by atoms with Gasteiger partial charge in [-0.25, -0.2) is 17.1 Å². The Kier molecular flexibility index (Phi) is 5.32. The van der Waals surface area contributed by atoms with Gasteiger partial charge in [0.25, 0.3) is 5.91 Å². The van der Waals surface area contributed by atoms with E-state index < -0.39 is 21.3 Å². The smallest absolute Gasteiger partial charge is 0.255 e. The number of aromatic nitrogens is 1. The fraction of sp³-hybridized carbons (Fsp3) is 0.647. The number of amides is 1. The predicted octanol–water partition coefficient (Wildman–Crippen LogP) is 0.717. The summed E-state index contributed by atoms with van der Waals surface area (Å²) in [6, 6.07) is 1.14. The lowest BCUT2D eigenvalue weighted by molar-refractivity contribution is 0.0735. The van der Waals surface area contributed by atoms with Gasteiger partial charge >= 0.3 is 0 Å². The summed E-state index contributed by atoms with van der Waals surface area (Å²) in [6.45, 7) is 2.86. The van der Waals surface area contributed by atoms with E-state index in [1.807, 2.05) is 6.92 Å². The van der Waals surface area contributed by atoms with Crippen LogP contribution in [0.25, 0.3) is 0 Å². The first-order valence-electron chi connectivity index (χ1n) is 8.80. The van der Waals surface area contributed by atoms with Gasteiger partial charge in [-0.3, -0.25) is 9.78 Å². The van der Waals surface area contributed by atoms with E-state index in [0.29, 0.717) is 19.5 Å². The highest BCUT2D eigenvalue weighted by Gasteiger charge is 2.55. The molecular weight excluding hydrogens is 361 g/mol. The van der Waals surface area contributed by atoms with E-state index in [-0.39, 0.29) is 42.8 Å². The number of halogens is 1. The van der Waals surface area contributed by atoms with Crippen LogP contribution in [0.1, 0.15) is 30.1 Å². The zero-order chi connectivity index (χ0) is 18.9. The Morgan fingerprint density at radius 1 is 1.38 bits per heavy atom. The first-order chi connectivity index (χ1) is 12.3. The number of carbonyl (C=O) groups excluding carboxylic acids is 1. The maximum atomic E-state index is 13.3. The van der Waals surface area contributed by atoms with Gasteiger partial charge < -0.3 is 10.0 Å². The maximum absolute atomic E-state index is 13.3. The van der Waals surface area contributed by atoms with Crippen molar-refractivity contribution in [2.75, 3.05) is 38.5 Å². The zero-order valence-electron chi connectivity index (χ0n) is 14.8. The number of carbonyl (C=O) groups is 1. The molecule has 3 rings (SSSR count). The van der Waals surface area contributed by atoms with Crippen molar-refractivity contribution in [2.45, 2.75) is 19.8 Å². The van der Waals surface area contributed by atoms with E-state index in [0.717, 1.165) is 18.7 Å². The lowest BCUT2D eigenvalue weighted by Crippen LogP contribution is -2.41. The molecule has 0 aliphatic carbocycles. The molecular formula is C17H24FN3O4S. The van der Waals surface area contributed by atoms with Crippen LogP contribution < -0.4 is 0 Å². The molecule has 1 aromatic heterocycles. The third-order valence-electron chi connectivity index (χ3n) is 5.43. The second kappa shape index (κ2) is 7.21. The van der Waals surface area contributed by atoms with Crippen LogP contribution in [0.2, 0.25) is 0 Å². The number of likely N-dealkylation sites (tertiary alicyclic amines) is 1. The fourth-order valence-corrected chi connectivity index (χ4v) is 5.66. The molecule has 2 atom stereocenters. The van der Waals surface area contributed by atoms with E-state index in [9.17, 15) is 22.7 Å². The normalized spacial score (nSPS) is 26.3. The average Bonchev–Trinajstić information content (AvgIpc) is 3.14. The van der Waals surface area contributed by atoms with Gasteiger partial charge in [-0.2, -0.15) is 0 Å². The largest absolute Gasteiger partial charge is 0.396 e. The molecule has 0 radical (unpaired) electrons. The van der Waals surface area contributed by atoms with Crippen molar-refractivity contribution < 1.29 is 22.7 Å². The van der Waals surface area contributed by atoms with Crippen molar-refractivity contribution >= 4 is 15.9 Å². The van der Waals surface area contributed by atoms with Gasteiger partial charge in [-0.05, 0) is 12.5 Å². The molecule has 0 saturated carbocycles. The number of rotatable bonds is 6. The summed E-state index contributed by atoms with van der Waals surface area (Å²) in [6.07, 6.45) is 3.74. The summed E-state index contributed by atoms with van der Waals surface area (Å²) in [5.74, 6) is -0.954. The predicted molar refractivity (Wildman–Crippen MR) is 93.4 cm³/mol. The molecule has 1 amide bonds. The summed E-state index contributed by atoms with van der Waals surface area (Å²) >= 11 is 0. The fourth-order valence-electron chi connectivity index (χ4n) is 3.89. The lowest BCUT2D eigenvalue weighted by atomic mass is 9.82. The van der Waals surface area contributed by atoms with Crippen LogP contribution in [0.5, 0.6) is 0 Å². The van der Waals surface area contributed by atoms with Crippen molar-refractivity contribution in [1.29, 1.82) is 0 Å². The van der Waals surface area contributed by atoms with Crippen molar-refractivity contribution in [3.05, 3.63) is 29.8 Å². The minimum atomic E-state index is -3.35. The summed E-state index contributed by atoms with van der Waals surface area (Å²) in [7, 11) is -3.35. The minimum absolute atomic E-state index is 0.106. The Hall–Kier alpha value is -1.58. The van der Waals surface area contributed by atoms with Crippen molar-refractivity contribution in [3.8, 4) is 0 Å². The van der Waals surface area contributed by atoms with Crippen LogP contribution in [0, 0.1) is 17.2 Å². The van der Waals surface area contributed by atoms with Crippen LogP contribution >= 0.6 is 0 Å². The first kappa shape index (κ1) is 19.2. The molecule has 2 aliphatic heterocycles. The number of unbranched alkanes of at least 4 members (excludes halogenated alkanes) is 1. The number of hydrogen-bond acceptors (Lipinski definition) is 5. The van der Waals surface area contributed by atoms with Crippen molar-refractivity contribution in [3.63, 3.8) is 0 Å². The third kappa shape index (κ3) is 3.47. The highest BCUT2D eigenvalue weighted by molar-refractivity contribution is 7.89. The molecule has 2 aliphatic rings. The number of fused-ring (bicyclic) bond motifs is 1. The van der Waals surface area contributed by atoms with Crippen LogP contribution in [-0.4, -0.2) is 72.2 Å². The Labute approximate surface area is 152 Å². The number of pyridine rings is 1. The monoisotopic (exact) mass is 385 g/mol. The molecule has 2 unspecified atom stereocenters. The topological polar surface area (TPSA) is 90.8 Å². The summed E-state index contributed by atoms with van der Waals surface area (Å²) in [4.78, 5) is 17.9.